The average Bonchev–Trinajstić information content (AvgIpc) is 3.08. The molecule has 0 unspecified atom stereocenters. The first kappa shape index (κ1) is 35.0. The van der Waals surface area contributed by atoms with E-state index in [2.05, 4.69) is 24.4 Å². The molecule has 47 heavy (non-hydrogen) atoms. The molecule has 0 atom stereocenters. The van der Waals surface area contributed by atoms with E-state index in [0.717, 1.165) is 54.1 Å². The van der Waals surface area contributed by atoms with Gasteiger partial charge in [-0.2, -0.15) is 0 Å². The Labute approximate surface area is 278 Å². The number of anilines is 1. The molecule has 0 saturated carbocycles. The summed E-state index contributed by atoms with van der Waals surface area (Å²) in [5.41, 5.74) is 4.61. The molecule has 4 aromatic carbocycles. The Morgan fingerprint density at radius 2 is 1.28 bits per heavy atom. The van der Waals surface area contributed by atoms with Gasteiger partial charge in [0.2, 0.25) is 0 Å². The molecule has 8 nitrogen and oxygen atoms in total. The number of nitrogens with zero attached hydrogens (tertiary/aromatic N) is 1. The van der Waals surface area contributed by atoms with Gasteiger partial charge in [0.05, 0.1) is 25.8 Å². The van der Waals surface area contributed by atoms with Crippen molar-refractivity contribution in [3.05, 3.63) is 119 Å². The number of ether oxygens (including phenoxy) is 3. The standard InChI is InChI=1S/C39H46N2O6/c1-3-4-5-6-7-26-46-36-22-14-33(15-23-36)39(44)47-37-20-12-32(13-21-37)28-41(29-38(42)43)27-31-8-16-34(17-9-31)40-25-24-30-10-18-35(45-2)19-11-30/h8-23,40H,3-7,24-29H2,1-2H3,(H,42,43). The van der Waals surface area contributed by atoms with Crippen LogP contribution in [0.25, 0.3) is 0 Å². The molecule has 0 aliphatic heterocycles. The van der Waals surface area contributed by atoms with Gasteiger partial charge >= 0.3 is 11.9 Å². The predicted molar refractivity (Wildman–Crippen MR) is 185 cm³/mol. The van der Waals surface area contributed by atoms with Crippen LogP contribution in [0.4, 0.5) is 5.69 Å². The molecular weight excluding hydrogens is 592 g/mol. The van der Waals surface area contributed by atoms with E-state index in [1.165, 1.54) is 24.8 Å². The quantitative estimate of drug-likeness (QED) is 0.0571. The highest BCUT2D eigenvalue weighted by Gasteiger charge is 2.13. The zero-order chi connectivity index (χ0) is 33.3. The van der Waals surface area contributed by atoms with Crippen LogP contribution in [-0.2, 0) is 24.3 Å². The van der Waals surface area contributed by atoms with Crippen molar-refractivity contribution in [3.8, 4) is 17.2 Å². The van der Waals surface area contributed by atoms with Gasteiger partial charge in [-0.15, -0.1) is 0 Å². The van der Waals surface area contributed by atoms with Gasteiger partial charge in [-0.25, -0.2) is 4.79 Å². The maximum absolute atomic E-state index is 12.7. The van der Waals surface area contributed by atoms with E-state index in [0.29, 0.717) is 31.0 Å². The summed E-state index contributed by atoms with van der Waals surface area (Å²) >= 11 is 0. The number of carbonyl (C=O) groups is 2. The third kappa shape index (κ3) is 12.5. The van der Waals surface area contributed by atoms with Crippen LogP contribution in [-0.4, -0.2) is 48.8 Å². The molecule has 0 aliphatic carbocycles. The SMILES string of the molecule is CCCCCCCOc1ccc(C(=O)Oc2ccc(CN(CC(=O)O)Cc3ccc(NCCc4ccc(OC)cc4)cc3)cc2)cc1. The van der Waals surface area contributed by atoms with Crippen molar-refractivity contribution in [2.75, 3.05) is 32.1 Å². The molecular formula is C39H46N2O6. The van der Waals surface area contributed by atoms with E-state index in [4.69, 9.17) is 14.2 Å². The van der Waals surface area contributed by atoms with Crippen molar-refractivity contribution in [2.45, 2.75) is 58.5 Å². The molecule has 0 heterocycles. The number of nitrogens with one attached hydrogen (secondary N) is 1. The smallest absolute Gasteiger partial charge is 0.343 e. The van der Waals surface area contributed by atoms with Crippen LogP contribution in [0.15, 0.2) is 97.1 Å². The summed E-state index contributed by atoms with van der Waals surface area (Å²) in [6, 6.07) is 30.3. The molecule has 0 aliphatic rings. The van der Waals surface area contributed by atoms with E-state index in [1.807, 2.05) is 53.4 Å². The number of benzene rings is 4. The van der Waals surface area contributed by atoms with Gasteiger partial charge in [0.25, 0.3) is 0 Å². The number of carbonyl (C=O) groups excluding carboxylic acids is 1. The zero-order valence-corrected chi connectivity index (χ0v) is 27.5. The normalized spacial score (nSPS) is 10.9. The molecule has 0 spiro atoms. The number of hydrogen-bond donors (Lipinski definition) is 2. The topological polar surface area (TPSA) is 97.3 Å². The Hall–Kier alpha value is -4.82. The van der Waals surface area contributed by atoms with Crippen molar-refractivity contribution in [1.29, 1.82) is 0 Å². The highest BCUT2D eigenvalue weighted by molar-refractivity contribution is 5.91. The third-order valence-corrected chi connectivity index (χ3v) is 7.77. The molecule has 0 amide bonds. The van der Waals surface area contributed by atoms with E-state index >= 15 is 0 Å². The largest absolute Gasteiger partial charge is 0.497 e. The fourth-order valence-corrected chi connectivity index (χ4v) is 5.16. The molecule has 0 bridgehead atoms. The highest BCUT2D eigenvalue weighted by Crippen LogP contribution is 2.20. The number of carboxylic acids is 1. The number of unbranched alkanes of at least 4 members (excludes halogenated alkanes) is 4. The minimum atomic E-state index is -0.893. The number of carboxylic acid groups (broad SMARTS) is 1. The van der Waals surface area contributed by atoms with E-state index < -0.39 is 11.9 Å². The van der Waals surface area contributed by atoms with E-state index in [9.17, 15) is 14.7 Å². The van der Waals surface area contributed by atoms with Gasteiger partial charge in [-0.05, 0) is 90.2 Å². The first-order valence-electron chi connectivity index (χ1n) is 16.4. The van der Waals surface area contributed by atoms with Crippen LogP contribution in [0.3, 0.4) is 0 Å². The molecule has 4 rings (SSSR count). The summed E-state index contributed by atoms with van der Waals surface area (Å²) in [6.07, 6.45) is 6.77. The van der Waals surface area contributed by atoms with E-state index in [1.54, 1.807) is 43.5 Å². The third-order valence-electron chi connectivity index (χ3n) is 7.77. The molecule has 0 radical (unpaired) electrons. The Morgan fingerprint density at radius 3 is 1.89 bits per heavy atom. The van der Waals surface area contributed by atoms with Crippen LogP contribution in [0, 0.1) is 0 Å². The molecule has 8 heteroatoms. The van der Waals surface area contributed by atoms with Crippen LogP contribution >= 0.6 is 0 Å². The Bertz CT molecular complexity index is 1500. The van der Waals surface area contributed by atoms with Gasteiger partial charge in [0.1, 0.15) is 17.2 Å². The summed E-state index contributed by atoms with van der Waals surface area (Å²) in [4.78, 5) is 26.2. The van der Waals surface area contributed by atoms with Crippen LogP contribution < -0.4 is 19.5 Å². The lowest BCUT2D eigenvalue weighted by molar-refractivity contribution is -0.138. The second kappa shape index (κ2) is 19.0. The zero-order valence-electron chi connectivity index (χ0n) is 27.5. The van der Waals surface area contributed by atoms with Crippen molar-refractivity contribution in [1.82, 2.24) is 4.90 Å². The van der Waals surface area contributed by atoms with Crippen molar-refractivity contribution >= 4 is 17.6 Å². The van der Waals surface area contributed by atoms with Crippen LogP contribution in [0.1, 0.15) is 66.1 Å². The minimum Gasteiger partial charge on any atom is -0.497 e. The van der Waals surface area contributed by atoms with Gasteiger partial charge in [0.15, 0.2) is 0 Å². The first-order valence-corrected chi connectivity index (χ1v) is 16.4. The summed E-state index contributed by atoms with van der Waals surface area (Å²) in [7, 11) is 1.66. The fraction of sp³-hybridized carbons (Fsp3) is 0.333. The monoisotopic (exact) mass is 638 g/mol. The van der Waals surface area contributed by atoms with Gasteiger partial charge in [-0.1, -0.05) is 69.0 Å². The Balaban J connectivity index is 1.23. The van der Waals surface area contributed by atoms with Gasteiger partial charge in [0, 0.05) is 25.3 Å². The maximum atomic E-state index is 12.7. The second-order valence-corrected chi connectivity index (χ2v) is 11.6. The summed E-state index contributed by atoms with van der Waals surface area (Å²) in [5.74, 6) is 0.663. The van der Waals surface area contributed by atoms with Gasteiger partial charge < -0.3 is 24.6 Å². The molecule has 4 aromatic rings. The number of rotatable bonds is 20. The summed E-state index contributed by atoms with van der Waals surface area (Å²) in [6.45, 7) is 4.47. The number of hydrogen-bond acceptors (Lipinski definition) is 7. The number of aliphatic carboxylic acids is 1. The minimum absolute atomic E-state index is 0.100. The molecule has 2 N–H and O–H groups in total. The number of methoxy groups -OCH3 is 1. The van der Waals surface area contributed by atoms with Crippen molar-refractivity contribution < 1.29 is 28.9 Å². The summed E-state index contributed by atoms with van der Waals surface area (Å²) < 4.78 is 16.6. The van der Waals surface area contributed by atoms with Crippen LogP contribution in [0.2, 0.25) is 0 Å². The lowest BCUT2D eigenvalue weighted by Crippen LogP contribution is -2.29. The second-order valence-electron chi connectivity index (χ2n) is 11.6. The average molecular weight is 639 g/mol. The Kier molecular flexibility index (Phi) is 14.2. The summed E-state index contributed by atoms with van der Waals surface area (Å²) in [5, 5.41) is 13.0. The molecule has 0 fully saturated rings. The van der Waals surface area contributed by atoms with E-state index in [-0.39, 0.29) is 6.54 Å². The van der Waals surface area contributed by atoms with Gasteiger partial charge in [-0.3, -0.25) is 9.69 Å². The number of esters is 1. The fourth-order valence-electron chi connectivity index (χ4n) is 5.16. The lowest BCUT2D eigenvalue weighted by Gasteiger charge is -2.21. The molecule has 248 valence electrons. The molecule has 0 saturated heterocycles. The Morgan fingerprint density at radius 1 is 0.702 bits per heavy atom. The van der Waals surface area contributed by atoms with Crippen molar-refractivity contribution in [3.63, 3.8) is 0 Å². The highest BCUT2D eigenvalue weighted by atomic mass is 16.5. The maximum Gasteiger partial charge on any atom is 0.343 e. The molecule has 0 aromatic heterocycles. The van der Waals surface area contributed by atoms with Crippen molar-refractivity contribution in [2.24, 2.45) is 0 Å². The predicted octanol–water partition coefficient (Wildman–Crippen LogP) is 8.01. The van der Waals surface area contributed by atoms with Crippen LogP contribution in [0.5, 0.6) is 17.2 Å². The first-order chi connectivity index (χ1) is 22.9. The lowest BCUT2D eigenvalue weighted by atomic mass is 10.1.